The molecule has 0 fully saturated rings. The maximum Gasteiger partial charge on any atom is 0.269 e. The standard InChI is InChI=1S/C11H8N2O3/c14-11-2-1-7-12(8-11)9-3-5-10(6-4-9)13(15)16/h1-8H. The second-order valence-electron chi connectivity index (χ2n) is 3.22. The van der Waals surface area contributed by atoms with Gasteiger partial charge in [-0.05, 0) is 5.75 Å². The van der Waals surface area contributed by atoms with Gasteiger partial charge in [0.1, 0.15) is 0 Å². The second kappa shape index (κ2) is 3.98. The zero-order valence-electron chi connectivity index (χ0n) is 8.24. The summed E-state index contributed by atoms with van der Waals surface area (Å²) in [6, 6.07) is 9.07. The van der Waals surface area contributed by atoms with E-state index in [4.69, 9.17) is 0 Å². The van der Waals surface area contributed by atoms with Gasteiger partial charge in [-0.3, -0.25) is 10.1 Å². The summed E-state index contributed by atoms with van der Waals surface area (Å²) in [5.41, 5.74) is 0.742. The summed E-state index contributed by atoms with van der Waals surface area (Å²) in [6.45, 7) is 0. The van der Waals surface area contributed by atoms with Gasteiger partial charge in [-0.25, -0.2) is 0 Å². The number of non-ortho nitro benzene ring substituents is 1. The molecule has 0 radical (unpaired) electrons. The third-order valence-electron chi connectivity index (χ3n) is 2.13. The van der Waals surface area contributed by atoms with Crippen molar-refractivity contribution in [3.05, 3.63) is 58.9 Å². The molecule has 0 aliphatic rings. The summed E-state index contributed by atoms with van der Waals surface area (Å²) in [7, 11) is 0. The average molecular weight is 216 g/mol. The van der Waals surface area contributed by atoms with Gasteiger partial charge in [-0.2, -0.15) is 4.57 Å². The monoisotopic (exact) mass is 216 g/mol. The normalized spacial score (nSPS) is 10.0. The number of rotatable bonds is 2. The Bertz CT molecular complexity index is 523. The first-order chi connectivity index (χ1) is 7.66. The summed E-state index contributed by atoms with van der Waals surface area (Å²) in [5, 5.41) is 21.6. The van der Waals surface area contributed by atoms with E-state index in [9.17, 15) is 15.2 Å². The van der Waals surface area contributed by atoms with Gasteiger partial charge in [0.15, 0.2) is 12.4 Å². The number of pyridine rings is 1. The van der Waals surface area contributed by atoms with Crippen LogP contribution in [0.4, 0.5) is 5.69 Å². The van der Waals surface area contributed by atoms with Crippen molar-refractivity contribution in [1.82, 2.24) is 0 Å². The Kier molecular flexibility index (Phi) is 2.51. The third kappa shape index (κ3) is 1.98. The number of benzene rings is 1. The molecule has 2 aromatic rings. The fourth-order valence-electron chi connectivity index (χ4n) is 1.36. The van der Waals surface area contributed by atoms with Crippen LogP contribution < -0.4 is 9.67 Å². The highest BCUT2D eigenvalue weighted by molar-refractivity contribution is 5.36. The highest BCUT2D eigenvalue weighted by Gasteiger charge is 2.08. The van der Waals surface area contributed by atoms with Gasteiger partial charge in [0, 0.05) is 30.3 Å². The lowest BCUT2D eigenvalue weighted by Crippen LogP contribution is -2.29. The predicted molar refractivity (Wildman–Crippen MR) is 54.1 cm³/mol. The smallest absolute Gasteiger partial charge is 0.269 e. The molecule has 0 atom stereocenters. The molecule has 0 amide bonds. The van der Waals surface area contributed by atoms with Crippen molar-refractivity contribution in [3.8, 4) is 11.4 Å². The molecule has 5 heteroatoms. The van der Waals surface area contributed by atoms with E-state index in [1.54, 1.807) is 29.0 Å². The minimum absolute atomic E-state index is 0.0302. The molecule has 0 bridgehead atoms. The average Bonchev–Trinajstić information content (AvgIpc) is 2.29. The topological polar surface area (TPSA) is 70.1 Å². The summed E-state index contributed by atoms with van der Waals surface area (Å²) >= 11 is 0. The molecule has 0 unspecified atom stereocenters. The van der Waals surface area contributed by atoms with Gasteiger partial charge in [-0.15, -0.1) is 0 Å². The van der Waals surface area contributed by atoms with Crippen LogP contribution in [0.25, 0.3) is 5.69 Å². The number of nitrogens with zero attached hydrogens (tertiary/aromatic N) is 2. The molecule has 1 aromatic heterocycles. The van der Waals surface area contributed by atoms with Gasteiger partial charge < -0.3 is 5.11 Å². The predicted octanol–water partition coefficient (Wildman–Crippen LogP) is 0.945. The number of aromatic nitrogens is 1. The van der Waals surface area contributed by atoms with E-state index < -0.39 is 4.92 Å². The lowest BCUT2D eigenvalue weighted by Gasteiger charge is -2.01. The van der Waals surface area contributed by atoms with Crippen molar-refractivity contribution in [2.24, 2.45) is 0 Å². The highest BCUT2D eigenvalue weighted by Crippen LogP contribution is 2.12. The lowest BCUT2D eigenvalue weighted by atomic mass is 10.3. The lowest BCUT2D eigenvalue weighted by molar-refractivity contribution is -0.599. The zero-order valence-corrected chi connectivity index (χ0v) is 8.24. The van der Waals surface area contributed by atoms with Gasteiger partial charge in [-0.1, -0.05) is 6.07 Å². The molecular formula is C11H8N2O3. The summed E-state index contributed by atoms with van der Waals surface area (Å²) in [5.74, 6) is -0.110. The maximum absolute atomic E-state index is 11.1. The van der Waals surface area contributed by atoms with Crippen LogP contribution in [0.2, 0.25) is 0 Å². The first-order valence-electron chi connectivity index (χ1n) is 4.60. The Morgan fingerprint density at radius 2 is 1.81 bits per heavy atom. The second-order valence-corrected chi connectivity index (χ2v) is 3.22. The first kappa shape index (κ1) is 10.1. The molecule has 0 spiro atoms. The van der Waals surface area contributed by atoms with Crippen molar-refractivity contribution >= 4 is 5.69 Å². The van der Waals surface area contributed by atoms with Crippen molar-refractivity contribution in [2.75, 3.05) is 0 Å². The number of hydrogen-bond acceptors (Lipinski definition) is 3. The van der Waals surface area contributed by atoms with Crippen LogP contribution in [0, 0.1) is 10.1 Å². The quantitative estimate of drug-likeness (QED) is 0.426. The van der Waals surface area contributed by atoms with Gasteiger partial charge >= 0.3 is 0 Å². The van der Waals surface area contributed by atoms with Crippen molar-refractivity contribution in [1.29, 1.82) is 0 Å². The number of hydrogen-bond donors (Lipinski definition) is 0. The Morgan fingerprint density at radius 3 is 2.38 bits per heavy atom. The minimum atomic E-state index is -0.460. The van der Waals surface area contributed by atoms with E-state index in [2.05, 4.69) is 0 Å². The molecule has 0 aliphatic carbocycles. The zero-order chi connectivity index (χ0) is 11.5. The van der Waals surface area contributed by atoms with Gasteiger partial charge in [0.05, 0.1) is 4.92 Å². The Balaban J connectivity index is 2.38. The van der Waals surface area contributed by atoms with Crippen LogP contribution >= 0.6 is 0 Å². The summed E-state index contributed by atoms with van der Waals surface area (Å²) < 4.78 is 1.62. The number of nitro benzene ring substituents is 1. The fourth-order valence-corrected chi connectivity index (χ4v) is 1.36. The molecule has 2 rings (SSSR count). The molecule has 0 saturated carbocycles. The third-order valence-corrected chi connectivity index (χ3v) is 2.13. The van der Waals surface area contributed by atoms with Crippen molar-refractivity contribution < 1.29 is 14.6 Å². The molecule has 1 heterocycles. The molecule has 0 saturated heterocycles. The van der Waals surface area contributed by atoms with E-state index >= 15 is 0 Å². The molecular weight excluding hydrogens is 208 g/mol. The fraction of sp³-hybridized carbons (Fsp3) is 0. The van der Waals surface area contributed by atoms with Crippen LogP contribution in [0.5, 0.6) is 5.75 Å². The largest absolute Gasteiger partial charge is 0.868 e. The Morgan fingerprint density at radius 1 is 1.12 bits per heavy atom. The van der Waals surface area contributed by atoms with Crippen LogP contribution in [0.1, 0.15) is 0 Å². The molecule has 5 nitrogen and oxygen atoms in total. The molecule has 80 valence electrons. The van der Waals surface area contributed by atoms with E-state index in [-0.39, 0.29) is 11.4 Å². The SMILES string of the molecule is O=[N+]([O-])c1ccc(-[n+]2cccc([O-])c2)cc1. The van der Waals surface area contributed by atoms with Gasteiger partial charge in [0.2, 0.25) is 5.69 Å². The van der Waals surface area contributed by atoms with Crippen LogP contribution in [0.3, 0.4) is 0 Å². The Hall–Kier alpha value is -2.43. The summed E-state index contributed by atoms with van der Waals surface area (Å²) in [6.07, 6.45) is 3.13. The summed E-state index contributed by atoms with van der Waals surface area (Å²) in [4.78, 5) is 9.99. The Labute approximate surface area is 91.4 Å². The van der Waals surface area contributed by atoms with Crippen LogP contribution in [-0.4, -0.2) is 4.92 Å². The number of nitro groups is 1. The van der Waals surface area contributed by atoms with E-state index in [1.807, 2.05) is 0 Å². The van der Waals surface area contributed by atoms with Crippen LogP contribution in [-0.2, 0) is 0 Å². The van der Waals surface area contributed by atoms with Gasteiger partial charge in [0.25, 0.3) is 5.69 Å². The highest BCUT2D eigenvalue weighted by atomic mass is 16.6. The van der Waals surface area contributed by atoms with E-state index in [0.717, 1.165) is 0 Å². The van der Waals surface area contributed by atoms with Crippen LogP contribution in [0.15, 0.2) is 48.8 Å². The molecule has 1 aromatic carbocycles. The van der Waals surface area contributed by atoms with Crippen molar-refractivity contribution in [3.63, 3.8) is 0 Å². The van der Waals surface area contributed by atoms with Crippen molar-refractivity contribution in [2.45, 2.75) is 0 Å². The molecule has 16 heavy (non-hydrogen) atoms. The van der Waals surface area contributed by atoms with E-state index in [1.165, 1.54) is 24.4 Å². The minimum Gasteiger partial charge on any atom is -0.868 e. The molecule has 0 N–H and O–H groups in total. The molecule has 0 aliphatic heterocycles. The maximum atomic E-state index is 11.1. The van der Waals surface area contributed by atoms with E-state index in [0.29, 0.717) is 5.69 Å². The first-order valence-corrected chi connectivity index (χ1v) is 4.60.